The van der Waals surface area contributed by atoms with E-state index in [9.17, 15) is 0 Å². The Balaban J connectivity index is 1.63. The summed E-state index contributed by atoms with van der Waals surface area (Å²) in [6.45, 7) is 2.27. The van der Waals surface area contributed by atoms with Crippen LogP contribution in [-0.2, 0) is 6.42 Å². The van der Waals surface area contributed by atoms with E-state index in [4.69, 9.17) is 0 Å². The third kappa shape index (κ3) is 4.00. The standard InChI is InChI=1S/C18H20Br2S2/c1-2-3-4-5-6-13-7-8-14(21-13)9-12-10-15-16(11-12)18(20)22-17(15)19/h7-10,17H,2-6,11H2,1H3. The van der Waals surface area contributed by atoms with Crippen molar-refractivity contribution in [2.75, 3.05) is 0 Å². The smallest absolute Gasteiger partial charge is 0.0904 e. The fraction of sp³-hybridized carbons (Fsp3) is 0.444. The van der Waals surface area contributed by atoms with Gasteiger partial charge in [-0.2, -0.15) is 0 Å². The van der Waals surface area contributed by atoms with Gasteiger partial charge < -0.3 is 0 Å². The molecule has 118 valence electrons. The van der Waals surface area contributed by atoms with E-state index in [1.807, 2.05) is 23.1 Å². The van der Waals surface area contributed by atoms with Gasteiger partial charge in [-0.25, -0.2) is 0 Å². The van der Waals surface area contributed by atoms with Crippen molar-refractivity contribution < 1.29 is 0 Å². The van der Waals surface area contributed by atoms with Crippen LogP contribution in [-0.4, -0.2) is 4.16 Å². The van der Waals surface area contributed by atoms with Crippen molar-refractivity contribution in [2.45, 2.75) is 49.6 Å². The van der Waals surface area contributed by atoms with Crippen LogP contribution in [0.1, 0.15) is 48.8 Å². The molecular weight excluding hydrogens is 440 g/mol. The maximum absolute atomic E-state index is 3.74. The Morgan fingerprint density at radius 2 is 2.14 bits per heavy atom. The summed E-state index contributed by atoms with van der Waals surface area (Å²) in [5.41, 5.74) is 4.35. The number of halogens is 2. The van der Waals surface area contributed by atoms with E-state index >= 15 is 0 Å². The fourth-order valence-corrected chi connectivity index (χ4v) is 7.40. The van der Waals surface area contributed by atoms with Gasteiger partial charge in [0, 0.05) is 9.75 Å². The predicted molar refractivity (Wildman–Crippen MR) is 109 cm³/mol. The second kappa shape index (κ2) is 7.87. The maximum Gasteiger partial charge on any atom is 0.0904 e. The number of aryl methyl sites for hydroxylation is 1. The first kappa shape index (κ1) is 17.1. The quantitative estimate of drug-likeness (QED) is 0.310. The third-order valence-corrected chi connectivity index (χ3v) is 8.15. The summed E-state index contributed by atoms with van der Waals surface area (Å²) in [6, 6.07) is 4.59. The Labute approximate surface area is 158 Å². The van der Waals surface area contributed by atoms with Crippen molar-refractivity contribution in [3.05, 3.63) is 48.5 Å². The van der Waals surface area contributed by atoms with E-state index in [0.717, 1.165) is 6.42 Å². The zero-order chi connectivity index (χ0) is 15.5. The number of unbranched alkanes of at least 4 members (excludes halogenated alkanes) is 3. The molecule has 1 unspecified atom stereocenters. The van der Waals surface area contributed by atoms with Gasteiger partial charge in [-0.1, -0.05) is 60.0 Å². The molecule has 0 saturated heterocycles. The first-order chi connectivity index (χ1) is 10.7. The van der Waals surface area contributed by atoms with Crippen molar-refractivity contribution in [1.29, 1.82) is 0 Å². The van der Waals surface area contributed by atoms with E-state index in [1.54, 1.807) is 0 Å². The van der Waals surface area contributed by atoms with Gasteiger partial charge in [0.1, 0.15) is 0 Å². The Hall–Kier alpha value is 0.230. The van der Waals surface area contributed by atoms with Crippen LogP contribution in [0, 0.1) is 0 Å². The highest BCUT2D eigenvalue weighted by Crippen LogP contribution is 2.53. The Kier molecular flexibility index (Phi) is 6.10. The van der Waals surface area contributed by atoms with Gasteiger partial charge in [0.25, 0.3) is 0 Å². The van der Waals surface area contributed by atoms with Crippen LogP contribution in [0.15, 0.2) is 38.7 Å². The van der Waals surface area contributed by atoms with Gasteiger partial charge in [0.15, 0.2) is 0 Å². The Bertz CT molecular complexity index is 637. The van der Waals surface area contributed by atoms with E-state index in [-0.39, 0.29) is 0 Å². The molecule has 1 aromatic rings. The number of fused-ring (bicyclic) bond motifs is 1. The second-order valence-corrected chi connectivity index (χ2v) is 11.0. The molecule has 0 amide bonds. The highest BCUT2D eigenvalue weighted by atomic mass is 79.9. The Morgan fingerprint density at radius 1 is 1.27 bits per heavy atom. The number of alkyl halides is 1. The van der Waals surface area contributed by atoms with E-state index in [0.29, 0.717) is 4.16 Å². The number of thiophene rings is 1. The fourth-order valence-electron chi connectivity index (χ4n) is 2.86. The summed E-state index contributed by atoms with van der Waals surface area (Å²) in [4.78, 5) is 2.93. The van der Waals surface area contributed by atoms with Gasteiger partial charge in [-0.15, -0.1) is 11.3 Å². The zero-order valence-electron chi connectivity index (χ0n) is 12.7. The molecular formula is C18H20Br2S2. The summed E-state index contributed by atoms with van der Waals surface area (Å²) in [7, 11) is 0. The minimum absolute atomic E-state index is 0.417. The van der Waals surface area contributed by atoms with Crippen LogP contribution in [0.3, 0.4) is 0 Å². The number of hydrogen-bond acceptors (Lipinski definition) is 2. The summed E-state index contributed by atoms with van der Waals surface area (Å²) in [5.74, 6) is 0. The molecule has 0 spiro atoms. The number of hydrogen-bond donors (Lipinski definition) is 0. The van der Waals surface area contributed by atoms with E-state index in [1.165, 1.54) is 62.4 Å². The molecule has 4 heteroatoms. The minimum Gasteiger partial charge on any atom is -0.141 e. The molecule has 0 saturated carbocycles. The first-order valence-electron chi connectivity index (χ1n) is 7.88. The molecule has 1 atom stereocenters. The number of allylic oxidation sites excluding steroid dienone is 3. The summed E-state index contributed by atoms with van der Waals surface area (Å²) < 4.78 is 1.71. The van der Waals surface area contributed by atoms with Gasteiger partial charge in [0.2, 0.25) is 0 Å². The summed E-state index contributed by atoms with van der Waals surface area (Å²) in [5, 5.41) is 0. The van der Waals surface area contributed by atoms with Crippen molar-refractivity contribution >= 4 is 61.0 Å². The second-order valence-electron chi connectivity index (χ2n) is 5.80. The molecule has 1 aromatic heterocycles. The molecule has 22 heavy (non-hydrogen) atoms. The predicted octanol–water partition coefficient (Wildman–Crippen LogP) is 7.66. The van der Waals surface area contributed by atoms with Gasteiger partial charge in [-0.05, 0) is 70.1 Å². The van der Waals surface area contributed by atoms with E-state index in [2.05, 4.69) is 63.1 Å². The first-order valence-corrected chi connectivity index (χ1v) is 11.3. The number of rotatable bonds is 6. The molecule has 0 nitrogen and oxygen atoms in total. The normalized spacial score (nSPS) is 22.6. The molecule has 2 heterocycles. The van der Waals surface area contributed by atoms with Crippen molar-refractivity contribution in [3.8, 4) is 0 Å². The topological polar surface area (TPSA) is 0 Å². The Morgan fingerprint density at radius 3 is 2.91 bits per heavy atom. The lowest BCUT2D eigenvalue weighted by Crippen LogP contribution is -1.87. The van der Waals surface area contributed by atoms with Crippen LogP contribution in [0.5, 0.6) is 0 Å². The average molecular weight is 460 g/mol. The SMILES string of the molecule is CCCCCCc1ccc(C=C2C=C3C(=C(Br)SC3Br)C2)s1. The highest BCUT2D eigenvalue weighted by molar-refractivity contribution is 9.15. The minimum atomic E-state index is 0.417. The maximum atomic E-state index is 3.74. The molecule has 0 fully saturated rings. The monoisotopic (exact) mass is 458 g/mol. The van der Waals surface area contributed by atoms with Crippen LogP contribution < -0.4 is 0 Å². The zero-order valence-corrected chi connectivity index (χ0v) is 17.5. The van der Waals surface area contributed by atoms with Crippen LogP contribution in [0.4, 0.5) is 0 Å². The van der Waals surface area contributed by atoms with E-state index < -0.39 is 0 Å². The van der Waals surface area contributed by atoms with Crippen LogP contribution in [0.25, 0.3) is 6.08 Å². The third-order valence-electron chi connectivity index (χ3n) is 4.05. The molecule has 2 aliphatic rings. The lowest BCUT2D eigenvalue weighted by Gasteiger charge is -1.98. The lowest BCUT2D eigenvalue weighted by atomic mass is 10.1. The summed E-state index contributed by atoms with van der Waals surface area (Å²) in [6.07, 6.45) is 12.4. The van der Waals surface area contributed by atoms with Crippen LogP contribution in [0.2, 0.25) is 0 Å². The number of thioether (sulfide) groups is 1. The largest absolute Gasteiger partial charge is 0.141 e. The average Bonchev–Trinajstić information content (AvgIpc) is 3.16. The molecule has 0 bridgehead atoms. The van der Waals surface area contributed by atoms with Crippen molar-refractivity contribution in [1.82, 2.24) is 0 Å². The van der Waals surface area contributed by atoms with Gasteiger partial charge in [0.05, 0.1) is 7.97 Å². The molecule has 0 radical (unpaired) electrons. The summed E-state index contributed by atoms with van der Waals surface area (Å²) >= 11 is 11.2. The molecule has 1 aliphatic carbocycles. The molecule has 0 N–H and O–H groups in total. The van der Waals surface area contributed by atoms with Crippen LogP contribution >= 0.6 is 55.0 Å². The van der Waals surface area contributed by atoms with Gasteiger partial charge in [-0.3, -0.25) is 0 Å². The molecule has 1 aliphatic heterocycles. The van der Waals surface area contributed by atoms with Gasteiger partial charge >= 0.3 is 0 Å². The molecule has 3 rings (SSSR count). The highest BCUT2D eigenvalue weighted by Gasteiger charge is 2.31. The molecule has 0 aromatic carbocycles. The van der Waals surface area contributed by atoms with Crippen molar-refractivity contribution in [2.24, 2.45) is 0 Å². The van der Waals surface area contributed by atoms with Crippen molar-refractivity contribution in [3.63, 3.8) is 0 Å². The lowest BCUT2D eigenvalue weighted by molar-refractivity contribution is 0.670.